The van der Waals surface area contributed by atoms with Crippen molar-refractivity contribution >= 4 is 23.1 Å². The lowest BCUT2D eigenvalue weighted by Gasteiger charge is -2.19. The van der Waals surface area contributed by atoms with Gasteiger partial charge in [0.15, 0.2) is 0 Å². The van der Waals surface area contributed by atoms with E-state index in [1.165, 1.54) is 15.5 Å². The first kappa shape index (κ1) is 13.6. The monoisotopic (exact) mass is 278 g/mol. The zero-order chi connectivity index (χ0) is 12.8. The molecule has 0 saturated carbocycles. The van der Waals surface area contributed by atoms with Gasteiger partial charge in [0, 0.05) is 28.9 Å². The molecule has 0 fully saturated rings. The van der Waals surface area contributed by atoms with Crippen molar-refractivity contribution in [1.82, 2.24) is 10.3 Å². The van der Waals surface area contributed by atoms with Gasteiger partial charge in [0.05, 0.1) is 5.01 Å². The summed E-state index contributed by atoms with van der Waals surface area (Å²) in [6.07, 6.45) is 4.97. The van der Waals surface area contributed by atoms with Gasteiger partial charge in [0.25, 0.3) is 0 Å². The minimum absolute atomic E-state index is 0.352. The average molecular weight is 278 g/mol. The van der Waals surface area contributed by atoms with E-state index in [-0.39, 0.29) is 0 Å². The standard InChI is InChI=1S/C14H18N2S2/c1-3-15-12(10-14-16-8-9-18-14)11-6-4-5-7-13(11)17-2/h4-9,12,15H,3,10H2,1-2H3. The lowest BCUT2D eigenvalue weighted by atomic mass is 10.0. The van der Waals surface area contributed by atoms with Crippen LogP contribution in [0.15, 0.2) is 40.7 Å². The molecule has 0 aliphatic carbocycles. The molecule has 1 atom stereocenters. The quantitative estimate of drug-likeness (QED) is 0.814. The Hall–Kier alpha value is -0.840. The summed E-state index contributed by atoms with van der Waals surface area (Å²) in [5.41, 5.74) is 1.38. The zero-order valence-electron chi connectivity index (χ0n) is 10.7. The maximum atomic E-state index is 4.39. The van der Waals surface area contributed by atoms with Crippen molar-refractivity contribution in [3.8, 4) is 0 Å². The van der Waals surface area contributed by atoms with Crippen LogP contribution in [0.4, 0.5) is 0 Å². The maximum absolute atomic E-state index is 4.39. The molecule has 0 aliphatic rings. The highest BCUT2D eigenvalue weighted by Gasteiger charge is 2.15. The molecule has 1 aromatic heterocycles. The highest BCUT2D eigenvalue weighted by atomic mass is 32.2. The number of rotatable bonds is 6. The predicted molar refractivity (Wildman–Crippen MR) is 80.5 cm³/mol. The van der Waals surface area contributed by atoms with E-state index in [2.05, 4.69) is 47.7 Å². The summed E-state index contributed by atoms with van der Waals surface area (Å²) in [5, 5.41) is 6.80. The van der Waals surface area contributed by atoms with Crippen LogP contribution < -0.4 is 5.32 Å². The number of hydrogen-bond donors (Lipinski definition) is 1. The fourth-order valence-electron chi connectivity index (χ4n) is 2.02. The molecule has 2 aromatic rings. The number of thioether (sulfide) groups is 1. The van der Waals surface area contributed by atoms with Crippen molar-refractivity contribution < 1.29 is 0 Å². The van der Waals surface area contributed by atoms with Crippen LogP contribution in [0.25, 0.3) is 0 Å². The molecule has 2 rings (SSSR count). The lowest BCUT2D eigenvalue weighted by molar-refractivity contribution is 0.541. The summed E-state index contributed by atoms with van der Waals surface area (Å²) in [6.45, 7) is 3.12. The third-order valence-corrected chi connectivity index (χ3v) is 4.44. The molecule has 0 saturated heterocycles. The minimum Gasteiger partial charge on any atom is -0.310 e. The second-order valence-electron chi connectivity index (χ2n) is 3.98. The van der Waals surface area contributed by atoms with Gasteiger partial charge in [-0.1, -0.05) is 25.1 Å². The Morgan fingerprint density at radius 3 is 2.89 bits per heavy atom. The number of likely N-dealkylation sites (N-methyl/N-ethyl adjacent to an activating group) is 1. The summed E-state index contributed by atoms with van der Waals surface area (Å²) in [5.74, 6) is 0. The molecule has 0 bridgehead atoms. The number of aromatic nitrogens is 1. The third kappa shape index (κ3) is 3.34. The molecule has 0 spiro atoms. The lowest BCUT2D eigenvalue weighted by Crippen LogP contribution is -2.23. The number of benzene rings is 1. The molecule has 0 aliphatic heterocycles. The van der Waals surface area contributed by atoms with Crippen LogP contribution in [0.3, 0.4) is 0 Å². The van der Waals surface area contributed by atoms with Gasteiger partial charge in [-0.05, 0) is 24.4 Å². The van der Waals surface area contributed by atoms with Crippen molar-refractivity contribution in [2.24, 2.45) is 0 Å². The molecule has 4 heteroatoms. The Kier molecular flexibility index (Phi) is 5.23. The number of thiazole rings is 1. The van der Waals surface area contributed by atoms with Crippen LogP contribution in [0.2, 0.25) is 0 Å². The number of hydrogen-bond acceptors (Lipinski definition) is 4. The molecule has 2 nitrogen and oxygen atoms in total. The molecule has 0 radical (unpaired) electrons. The van der Waals surface area contributed by atoms with E-state index in [1.807, 2.05) is 11.6 Å². The first-order valence-electron chi connectivity index (χ1n) is 6.09. The summed E-state index contributed by atoms with van der Waals surface area (Å²) < 4.78 is 0. The fourth-order valence-corrected chi connectivity index (χ4v) is 3.35. The Morgan fingerprint density at radius 2 is 2.22 bits per heavy atom. The van der Waals surface area contributed by atoms with Gasteiger partial charge in [-0.3, -0.25) is 0 Å². The van der Waals surface area contributed by atoms with Crippen LogP contribution in [-0.2, 0) is 6.42 Å². The van der Waals surface area contributed by atoms with Gasteiger partial charge in [0.2, 0.25) is 0 Å². The van der Waals surface area contributed by atoms with E-state index in [0.29, 0.717) is 6.04 Å². The molecule has 1 N–H and O–H groups in total. The van der Waals surface area contributed by atoms with Gasteiger partial charge in [-0.2, -0.15) is 0 Å². The summed E-state index contributed by atoms with van der Waals surface area (Å²) in [7, 11) is 0. The van der Waals surface area contributed by atoms with Gasteiger partial charge in [-0.25, -0.2) is 4.98 Å². The topological polar surface area (TPSA) is 24.9 Å². The highest BCUT2D eigenvalue weighted by molar-refractivity contribution is 7.98. The van der Waals surface area contributed by atoms with E-state index in [1.54, 1.807) is 23.1 Å². The van der Waals surface area contributed by atoms with Crippen LogP contribution in [0.1, 0.15) is 23.5 Å². The van der Waals surface area contributed by atoms with Gasteiger partial charge >= 0.3 is 0 Å². The van der Waals surface area contributed by atoms with Gasteiger partial charge in [0.1, 0.15) is 0 Å². The van der Waals surface area contributed by atoms with E-state index in [9.17, 15) is 0 Å². The molecule has 1 aromatic carbocycles. The van der Waals surface area contributed by atoms with Gasteiger partial charge < -0.3 is 5.32 Å². The van der Waals surface area contributed by atoms with Crippen molar-refractivity contribution in [3.63, 3.8) is 0 Å². The highest BCUT2D eigenvalue weighted by Crippen LogP contribution is 2.28. The fraction of sp³-hybridized carbons (Fsp3) is 0.357. The van der Waals surface area contributed by atoms with Crippen molar-refractivity contribution in [2.45, 2.75) is 24.3 Å². The Labute approximate surface area is 117 Å². The Bertz CT molecular complexity index is 468. The molecular formula is C14H18N2S2. The second kappa shape index (κ2) is 6.92. The Balaban J connectivity index is 2.23. The Morgan fingerprint density at radius 1 is 1.39 bits per heavy atom. The smallest absolute Gasteiger partial charge is 0.0943 e. The normalized spacial score (nSPS) is 12.6. The van der Waals surface area contributed by atoms with E-state index >= 15 is 0 Å². The summed E-state index contributed by atoms with van der Waals surface area (Å²) in [4.78, 5) is 5.74. The van der Waals surface area contributed by atoms with Crippen LogP contribution in [-0.4, -0.2) is 17.8 Å². The summed E-state index contributed by atoms with van der Waals surface area (Å²) >= 11 is 3.53. The first-order chi connectivity index (χ1) is 8.85. The molecule has 0 amide bonds. The zero-order valence-corrected chi connectivity index (χ0v) is 12.4. The van der Waals surface area contributed by atoms with E-state index in [4.69, 9.17) is 0 Å². The number of nitrogens with one attached hydrogen (secondary N) is 1. The first-order valence-corrected chi connectivity index (χ1v) is 8.20. The van der Waals surface area contributed by atoms with Crippen LogP contribution in [0.5, 0.6) is 0 Å². The largest absolute Gasteiger partial charge is 0.310 e. The molecular weight excluding hydrogens is 260 g/mol. The van der Waals surface area contributed by atoms with Crippen LogP contribution >= 0.6 is 23.1 Å². The van der Waals surface area contributed by atoms with E-state index < -0.39 is 0 Å². The molecule has 1 heterocycles. The molecule has 18 heavy (non-hydrogen) atoms. The minimum atomic E-state index is 0.352. The van der Waals surface area contributed by atoms with Crippen molar-refractivity contribution in [2.75, 3.05) is 12.8 Å². The van der Waals surface area contributed by atoms with Crippen molar-refractivity contribution in [1.29, 1.82) is 0 Å². The molecule has 1 unspecified atom stereocenters. The van der Waals surface area contributed by atoms with Crippen molar-refractivity contribution in [3.05, 3.63) is 46.4 Å². The molecule has 96 valence electrons. The van der Waals surface area contributed by atoms with E-state index in [0.717, 1.165) is 13.0 Å². The summed E-state index contributed by atoms with van der Waals surface area (Å²) in [6, 6.07) is 8.96. The van der Waals surface area contributed by atoms with Gasteiger partial charge in [-0.15, -0.1) is 23.1 Å². The third-order valence-electron chi connectivity index (χ3n) is 2.83. The SMILES string of the molecule is CCNC(Cc1nccs1)c1ccccc1SC. The predicted octanol–water partition coefficient (Wildman–Crippen LogP) is 3.76. The number of nitrogens with zero attached hydrogens (tertiary/aromatic N) is 1. The maximum Gasteiger partial charge on any atom is 0.0943 e. The second-order valence-corrected chi connectivity index (χ2v) is 5.81. The average Bonchev–Trinajstić information content (AvgIpc) is 2.91. The van der Waals surface area contributed by atoms with Crippen LogP contribution in [0, 0.1) is 0 Å².